The van der Waals surface area contributed by atoms with Gasteiger partial charge in [0, 0.05) is 6.54 Å². The first-order valence-electron chi connectivity index (χ1n) is 3.38. The van der Waals surface area contributed by atoms with E-state index >= 15 is 0 Å². The highest BCUT2D eigenvalue weighted by molar-refractivity contribution is 7.80. The fourth-order valence-corrected chi connectivity index (χ4v) is 0.595. The van der Waals surface area contributed by atoms with Crippen molar-refractivity contribution in [2.75, 3.05) is 19.8 Å². The van der Waals surface area contributed by atoms with E-state index in [9.17, 15) is 0 Å². The van der Waals surface area contributed by atoms with Gasteiger partial charge in [0.15, 0.2) is 5.11 Å². The fourth-order valence-electron chi connectivity index (χ4n) is 0.493. The molecule has 0 aliphatic carbocycles. The van der Waals surface area contributed by atoms with Gasteiger partial charge < -0.3 is 15.8 Å². The molecule has 0 aromatic rings. The molecule has 0 fully saturated rings. The number of nitrogens with one attached hydrogen (secondary N) is 1. The summed E-state index contributed by atoms with van der Waals surface area (Å²) in [6.07, 6.45) is 0. The van der Waals surface area contributed by atoms with Crippen molar-refractivity contribution >= 4 is 17.3 Å². The first kappa shape index (κ1) is 10.4. The summed E-state index contributed by atoms with van der Waals surface area (Å²) in [5.41, 5.74) is 6.20. The SMILES string of the molecule is C=C(C)COCCNC(N)=S. The Kier molecular flexibility index (Phi) is 5.78. The molecular formula is C7H14N2OS. The molecule has 0 radical (unpaired) electrons. The van der Waals surface area contributed by atoms with Crippen LogP contribution in [0.5, 0.6) is 0 Å². The maximum Gasteiger partial charge on any atom is 0.163 e. The van der Waals surface area contributed by atoms with Gasteiger partial charge in [0.25, 0.3) is 0 Å². The zero-order chi connectivity index (χ0) is 8.69. The first-order valence-corrected chi connectivity index (χ1v) is 3.79. The molecule has 3 N–H and O–H groups in total. The lowest BCUT2D eigenvalue weighted by atomic mass is 10.4. The van der Waals surface area contributed by atoms with Crippen molar-refractivity contribution in [1.82, 2.24) is 5.32 Å². The molecule has 0 spiro atoms. The van der Waals surface area contributed by atoms with Crippen LogP contribution in [0.15, 0.2) is 12.2 Å². The smallest absolute Gasteiger partial charge is 0.163 e. The summed E-state index contributed by atoms with van der Waals surface area (Å²) in [6.45, 7) is 7.46. The molecular weight excluding hydrogens is 160 g/mol. The molecule has 0 unspecified atom stereocenters. The molecule has 11 heavy (non-hydrogen) atoms. The Bertz CT molecular complexity index is 131. The fraction of sp³-hybridized carbons (Fsp3) is 0.571. The molecule has 0 bridgehead atoms. The topological polar surface area (TPSA) is 47.3 Å². The summed E-state index contributed by atoms with van der Waals surface area (Å²) in [5.74, 6) is 0. The largest absolute Gasteiger partial charge is 0.376 e. The summed E-state index contributed by atoms with van der Waals surface area (Å²) >= 11 is 4.59. The van der Waals surface area contributed by atoms with Crippen LogP contribution in [-0.4, -0.2) is 24.9 Å². The summed E-state index contributed by atoms with van der Waals surface area (Å²) in [4.78, 5) is 0. The Morgan fingerprint density at radius 2 is 2.36 bits per heavy atom. The molecule has 0 aromatic heterocycles. The van der Waals surface area contributed by atoms with E-state index in [-0.39, 0.29) is 0 Å². The molecule has 0 saturated heterocycles. The quantitative estimate of drug-likeness (QED) is 0.360. The Labute approximate surface area is 72.6 Å². The van der Waals surface area contributed by atoms with E-state index in [2.05, 4.69) is 24.1 Å². The lowest BCUT2D eigenvalue weighted by Gasteiger charge is -2.04. The molecule has 0 heterocycles. The third kappa shape index (κ3) is 9.39. The van der Waals surface area contributed by atoms with Gasteiger partial charge in [-0.2, -0.15) is 0 Å². The number of thiocarbonyl (C=S) groups is 1. The van der Waals surface area contributed by atoms with Gasteiger partial charge in [-0.1, -0.05) is 12.2 Å². The van der Waals surface area contributed by atoms with E-state index in [0.29, 0.717) is 24.9 Å². The van der Waals surface area contributed by atoms with Crippen LogP contribution in [0.4, 0.5) is 0 Å². The Morgan fingerprint density at radius 3 is 2.82 bits per heavy atom. The number of hydrogen-bond acceptors (Lipinski definition) is 2. The van der Waals surface area contributed by atoms with E-state index in [1.165, 1.54) is 0 Å². The van der Waals surface area contributed by atoms with Crippen molar-refractivity contribution in [3.8, 4) is 0 Å². The van der Waals surface area contributed by atoms with Crippen LogP contribution in [0, 0.1) is 0 Å². The van der Waals surface area contributed by atoms with Crippen LogP contribution in [0.25, 0.3) is 0 Å². The molecule has 0 aliphatic rings. The van der Waals surface area contributed by atoms with Gasteiger partial charge in [0.2, 0.25) is 0 Å². The van der Waals surface area contributed by atoms with Gasteiger partial charge in [-0.3, -0.25) is 0 Å². The number of hydrogen-bond donors (Lipinski definition) is 2. The van der Waals surface area contributed by atoms with Crippen LogP contribution in [0.2, 0.25) is 0 Å². The molecule has 0 aromatic carbocycles. The predicted octanol–water partition coefficient (Wildman–Crippen LogP) is 0.412. The van der Waals surface area contributed by atoms with Crippen LogP contribution >= 0.6 is 12.2 Å². The minimum Gasteiger partial charge on any atom is -0.376 e. The standard InChI is InChI=1S/C7H14N2OS/c1-6(2)5-10-4-3-9-7(8)11/h1,3-5H2,2H3,(H3,8,9,11). The zero-order valence-corrected chi connectivity index (χ0v) is 7.54. The molecule has 0 rings (SSSR count). The van der Waals surface area contributed by atoms with Crippen molar-refractivity contribution in [3.63, 3.8) is 0 Å². The normalized spacial score (nSPS) is 9.18. The van der Waals surface area contributed by atoms with Gasteiger partial charge in [0.1, 0.15) is 0 Å². The Hall–Kier alpha value is -0.610. The van der Waals surface area contributed by atoms with E-state index in [0.717, 1.165) is 5.57 Å². The Balaban J connectivity index is 3.03. The molecule has 0 atom stereocenters. The lowest BCUT2D eigenvalue weighted by molar-refractivity contribution is 0.161. The number of nitrogens with two attached hydrogens (primary N) is 1. The van der Waals surface area contributed by atoms with Crippen molar-refractivity contribution in [3.05, 3.63) is 12.2 Å². The monoisotopic (exact) mass is 174 g/mol. The maximum atomic E-state index is 5.18. The second kappa shape index (κ2) is 6.12. The molecule has 4 heteroatoms. The van der Waals surface area contributed by atoms with E-state index < -0.39 is 0 Å². The van der Waals surface area contributed by atoms with Crippen LogP contribution in [-0.2, 0) is 4.74 Å². The summed E-state index contributed by atoms with van der Waals surface area (Å²) in [7, 11) is 0. The van der Waals surface area contributed by atoms with Crippen LogP contribution < -0.4 is 11.1 Å². The van der Waals surface area contributed by atoms with E-state index in [1.807, 2.05) is 6.92 Å². The highest BCUT2D eigenvalue weighted by Crippen LogP contribution is 1.86. The van der Waals surface area contributed by atoms with Gasteiger partial charge in [0.05, 0.1) is 13.2 Å². The van der Waals surface area contributed by atoms with Crippen molar-refractivity contribution in [2.45, 2.75) is 6.92 Å². The van der Waals surface area contributed by atoms with Gasteiger partial charge in [-0.25, -0.2) is 0 Å². The lowest BCUT2D eigenvalue weighted by Crippen LogP contribution is -2.31. The van der Waals surface area contributed by atoms with E-state index in [4.69, 9.17) is 10.5 Å². The summed E-state index contributed by atoms with van der Waals surface area (Å²) in [6, 6.07) is 0. The van der Waals surface area contributed by atoms with Gasteiger partial charge in [-0.15, -0.1) is 0 Å². The van der Waals surface area contributed by atoms with Crippen molar-refractivity contribution in [1.29, 1.82) is 0 Å². The van der Waals surface area contributed by atoms with Gasteiger partial charge >= 0.3 is 0 Å². The van der Waals surface area contributed by atoms with E-state index in [1.54, 1.807) is 0 Å². The second-order valence-electron chi connectivity index (χ2n) is 2.30. The highest BCUT2D eigenvalue weighted by Gasteiger charge is 1.88. The average molecular weight is 174 g/mol. The molecule has 64 valence electrons. The van der Waals surface area contributed by atoms with Crippen molar-refractivity contribution < 1.29 is 4.74 Å². The third-order valence-corrected chi connectivity index (χ3v) is 1.04. The first-order chi connectivity index (χ1) is 5.13. The molecule has 0 saturated carbocycles. The van der Waals surface area contributed by atoms with Crippen molar-refractivity contribution in [2.24, 2.45) is 5.73 Å². The summed E-state index contributed by atoms with van der Waals surface area (Å²) in [5, 5.41) is 3.08. The van der Waals surface area contributed by atoms with Crippen LogP contribution in [0.1, 0.15) is 6.92 Å². The molecule has 0 amide bonds. The molecule has 3 nitrogen and oxygen atoms in total. The minimum atomic E-state index is 0.309. The summed E-state index contributed by atoms with van der Waals surface area (Å²) < 4.78 is 5.17. The maximum absolute atomic E-state index is 5.18. The Morgan fingerprint density at radius 1 is 1.73 bits per heavy atom. The third-order valence-electron chi connectivity index (χ3n) is 0.894. The average Bonchev–Trinajstić information content (AvgIpc) is 1.85. The number of ether oxygens (including phenoxy) is 1. The van der Waals surface area contributed by atoms with Gasteiger partial charge in [-0.05, 0) is 19.1 Å². The second-order valence-corrected chi connectivity index (χ2v) is 2.74. The zero-order valence-electron chi connectivity index (χ0n) is 6.72. The number of rotatable bonds is 5. The van der Waals surface area contributed by atoms with Crippen LogP contribution in [0.3, 0.4) is 0 Å². The highest BCUT2D eigenvalue weighted by atomic mass is 32.1. The molecule has 0 aliphatic heterocycles. The predicted molar refractivity (Wildman–Crippen MR) is 50.4 cm³/mol. The minimum absolute atomic E-state index is 0.309.